The summed E-state index contributed by atoms with van der Waals surface area (Å²) < 4.78 is 17.6. The number of carbonyl (C=O) groups excluding carboxylic acids is 1. The second kappa shape index (κ2) is 8.70. The van der Waals surface area contributed by atoms with Crippen LogP contribution in [0.2, 0.25) is 0 Å². The van der Waals surface area contributed by atoms with Gasteiger partial charge in [0.2, 0.25) is 5.76 Å². The predicted octanol–water partition coefficient (Wildman–Crippen LogP) is 4.80. The van der Waals surface area contributed by atoms with E-state index in [1.54, 1.807) is 14.0 Å². The monoisotopic (exact) mass is 469 g/mol. The van der Waals surface area contributed by atoms with Crippen LogP contribution in [0.15, 0.2) is 34.7 Å². The summed E-state index contributed by atoms with van der Waals surface area (Å²) in [5.41, 5.74) is 0.494. The molecule has 34 heavy (non-hydrogen) atoms. The predicted molar refractivity (Wildman–Crippen MR) is 127 cm³/mol. The van der Waals surface area contributed by atoms with Crippen LogP contribution in [0.4, 0.5) is 0 Å². The van der Waals surface area contributed by atoms with Gasteiger partial charge in [0.25, 0.3) is 0 Å². The summed E-state index contributed by atoms with van der Waals surface area (Å²) in [4.78, 5) is 15.0. The van der Waals surface area contributed by atoms with Crippen LogP contribution in [0.25, 0.3) is 0 Å². The molecule has 5 aliphatic heterocycles. The molecule has 2 bridgehead atoms. The van der Waals surface area contributed by atoms with E-state index in [-0.39, 0.29) is 30.0 Å². The molecule has 0 unspecified atom stereocenters. The number of aliphatic hydroxyl groups is 1. The van der Waals surface area contributed by atoms with Gasteiger partial charge in [-0.15, -0.1) is 0 Å². The molecule has 0 aromatic carbocycles. The molecule has 6 heteroatoms. The Bertz CT molecular complexity index is 944. The van der Waals surface area contributed by atoms with Crippen LogP contribution < -0.4 is 0 Å². The number of piperidine rings is 2. The number of carbonyl (C=O) groups is 1. The Labute approximate surface area is 203 Å². The molecule has 0 aromatic rings. The van der Waals surface area contributed by atoms with Crippen LogP contribution in [0, 0.1) is 23.7 Å². The Balaban J connectivity index is 1.32. The van der Waals surface area contributed by atoms with Crippen LogP contribution in [0.3, 0.4) is 0 Å². The van der Waals surface area contributed by atoms with Gasteiger partial charge in [-0.25, -0.2) is 4.79 Å². The van der Waals surface area contributed by atoms with Crippen LogP contribution >= 0.6 is 0 Å². The van der Waals surface area contributed by atoms with Crippen LogP contribution in [-0.2, 0) is 19.0 Å². The van der Waals surface area contributed by atoms with Crippen molar-refractivity contribution in [3.8, 4) is 0 Å². The normalized spacial score (nSPS) is 41.1. The number of methoxy groups -OCH3 is 1. The summed E-state index contributed by atoms with van der Waals surface area (Å²) in [5, 5.41) is 11.6. The molecular weight excluding hydrogens is 430 g/mol. The smallest absolute Gasteiger partial charge is 0.343 e. The van der Waals surface area contributed by atoms with Crippen molar-refractivity contribution >= 4 is 5.97 Å². The van der Waals surface area contributed by atoms with E-state index in [0.717, 1.165) is 30.8 Å². The highest BCUT2D eigenvalue weighted by Crippen LogP contribution is 2.53. The van der Waals surface area contributed by atoms with Gasteiger partial charge in [0.05, 0.1) is 18.8 Å². The number of allylic oxidation sites excluding steroid dienone is 1. The summed E-state index contributed by atoms with van der Waals surface area (Å²) >= 11 is 0. The number of aliphatic hydroxyl groups excluding tert-OH is 1. The van der Waals surface area contributed by atoms with Crippen LogP contribution in [0.1, 0.15) is 78.1 Å². The molecule has 3 saturated heterocycles. The largest absolute Gasteiger partial charge is 0.492 e. The maximum Gasteiger partial charge on any atom is 0.343 e. The molecule has 6 aliphatic rings. The molecule has 1 N–H and O–H groups in total. The van der Waals surface area contributed by atoms with Crippen molar-refractivity contribution < 1.29 is 24.1 Å². The average Bonchev–Trinajstić information content (AvgIpc) is 3.48. The molecule has 0 aromatic heterocycles. The second-order valence-corrected chi connectivity index (χ2v) is 11.5. The Morgan fingerprint density at radius 3 is 2.68 bits per heavy atom. The Hall–Kier alpha value is -1.79. The fourth-order valence-corrected chi connectivity index (χ4v) is 8.19. The van der Waals surface area contributed by atoms with E-state index in [0.29, 0.717) is 41.0 Å². The highest BCUT2D eigenvalue weighted by molar-refractivity contribution is 5.93. The van der Waals surface area contributed by atoms with Gasteiger partial charge in [-0.1, -0.05) is 32.6 Å². The number of rotatable bonds is 4. The van der Waals surface area contributed by atoms with Gasteiger partial charge in [0, 0.05) is 30.0 Å². The van der Waals surface area contributed by atoms with Gasteiger partial charge >= 0.3 is 5.97 Å². The number of cyclic esters (lactones) is 1. The zero-order valence-electron chi connectivity index (χ0n) is 20.8. The first-order chi connectivity index (χ1) is 16.5. The fourth-order valence-electron chi connectivity index (χ4n) is 8.19. The van der Waals surface area contributed by atoms with E-state index in [1.807, 2.05) is 0 Å². The standard InChI is InChI=1S/C28H39NO5/c1-15-23-20-12-9-18-8-10-19(29(20)24(18)21(30)14-17-6-4-5-7-17)11-13-22(23)33-26(15)27-25(32-3)16(2)28(31)34-27/h13,15,17-21,23-24,30H,4-12,14H2,1-3H3/t15-,18+,19-,20-,21-,23+,24-/m0/s1. The van der Waals surface area contributed by atoms with Gasteiger partial charge < -0.3 is 19.3 Å². The lowest BCUT2D eigenvalue weighted by Crippen LogP contribution is -2.64. The van der Waals surface area contributed by atoms with Crippen molar-refractivity contribution in [2.45, 2.75) is 102 Å². The molecule has 186 valence electrons. The highest BCUT2D eigenvalue weighted by Gasteiger charge is 2.55. The molecule has 7 atom stereocenters. The molecule has 6 rings (SSSR count). The lowest BCUT2D eigenvalue weighted by molar-refractivity contribution is -0.133. The molecule has 0 radical (unpaired) electrons. The fraction of sp³-hybridized carbons (Fsp3) is 0.750. The zero-order valence-corrected chi connectivity index (χ0v) is 20.8. The molecule has 0 spiro atoms. The number of ether oxygens (including phenoxy) is 3. The molecular formula is C28H39NO5. The average molecular weight is 470 g/mol. The van der Waals surface area contributed by atoms with Gasteiger partial charge in [0.15, 0.2) is 11.5 Å². The summed E-state index contributed by atoms with van der Waals surface area (Å²) in [5.74, 6) is 3.92. The molecule has 0 amide bonds. The van der Waals surface area contributed by atoms with Gasteiger partial charge in [-0.05, 0) is 63.4 Å². The van der Waals surface area contributed by atoms with E-state index < -0.39 is 0 Å². The number of hydrogen-bond acceptors (Lipinski definition) is 6. The third-order valence-electron chi connectivity index (χ3n) is 9.77. The van der Waals surface area contributed by atoms with Crippen molar-refractivity contribution in [1.29, 1.82) is 0 Å². The topological polar surface area (TPSA) is 68.2 Å². The Morgan fingerprint density at radius 2 is 1.91 bits per heavy atom. The summed E-state index contributed by atoms with van der Waals surface area (Å²) in [7, 11) is 1.58. The van der Waals surface area contributed by atoms with Gasteiger partial charge in [0.1, 0.15) is 5.76 Å². The van der Waals surface area contributed by atoms with Crippen molar-refractivity contribution in [2.24, 2.45) is 23.7 Å². The minimum Gasteiger partial charge on any atom is -0.492 e. The molecule has 1 aliphatic carbocycles. The maximum atomic E-state index is 12.3. The summed E-state index contributed by atoms with van der Waals surface area (Å²) in [6.07, 6.45) is 13.9. The first kappa shape index (κ1) is 22.7. The minimum absolute atomic E-state index is 0.0833. The van der Waals surface area contributed by atoms with E-state index >= 15 is 0 Å². The first-order valence-corrected chi connectivity index (χ1v) is 13.5. The SMILES string of the molecule is COC1=C(C)C(=O)OC1=C1OC2=CC[C@@H]3CC[C@@H]4CC[C@@H]([C@H]2[C@@H]1C)N3[C@@H]4[C@@H](O)CC1CCCC1. The zero-order chi connectivity index (χ0) is 23.6. The highest BCUT2D eigenvalue weighted by atomic mass is 16.6. The van der Waals surface area contributed by atoms with Crippen LogP contribution in [0.5, 0.6) is 0 Å². The quantitative estimate of drug-likeness (QED) is 0.597. The van der Waals surface area contributed by atoms with E-state index in [9.17, 15) is 9.90 Å². The molecule has 1 saturated carbocycles. The van der Waals surface area contributed by atoms with Gasteiger partial charge in [-0.2, -0.15) is 0 Å². The Morgan fingerprint density at radius 1 is 1.15 bits per heavy atom. The lowest BCUT2D eigenvalue weighted by atomic mass is 9.70. The van der Waals surface area contributed by atoms with Crippen LogP contribution in [-0.4, -0.2) is 47.3 Å². The molecule has 4 fully saturated rings. The third-order valence-corrected chi connectivity index (χ3v) is 9.77. The number of esters is 1. The molecule has 6 nitrogen and oxygen atoms in total. The number of fused-ring (bicyclic) bond motifs is 3. The van der Waals surface area contributed by atoms with E-state index in [1.165, 1.54) is 44.9 Å². The number of hydrogen-bond donors (Lipinski definition) is 1. The van der Waals surface area contributed by atoms with Crippen molar-refractivity contribution in [3.63, 3.8) is 0 Å². The summed E-state index contributed by atoms with van der Waals surface area (Å²) in [6, 6.07) is 1.09. The van der Waals surface area contributed by atoms with Crippen molar-refractivity contribution in [2.75, 3.05) is 7.11 Å². The first-order valence-electron chi connectivity index (χ1n) is 13.5. The third kappa shape index (κ3) is 3.47. The van der Waals surface area contributed by atoms with Crippen molar-refractivity contribution in [1.82, 2.24) is 4.90 Å². The number of nitrogens with zero attached hydrogens (tertiary/aromatic N) is 1. The molecule has 5 heterocycles. The van der Waals surface area contributed by atoms with E-state index in [2.05, 4.69) is 17.9 Å². The Kier molecular flexibility index (Phi) is 5.80. The second-order valence-electron chi connectivity index (χ2n) is 11.5. The van der Waals surface area contributed by atoms with Gasteiger partial charge in [-0.3, -0.25) is 4.90 Å². The van der Waals surface area contributed by atoms with E-state index in [4.69, 9.17) is 14.2 Å². The minimum atomic E-state index is -0.358. The van der Waals surface area contributed by atoms with Crippen molar-refractivity contribution in [3.05, 3.63) is 34.7 Å². The summed E-state index contributed by atoms with van der Waals surface area (Å²) in [6.45, 7) is 3.94. The lowest BCUT2D eigenvalue weighted by Gasteiger charge is -2.56. The maximum absolute atomic E-state index is 12.3.